The standard InChI is InChI=1S/C17H21N3O4/c1-2-3-11-19-15(22)16(23)20(17(19)24)12-14(21)18-10-9-13-7-5-4-6-8-13/h4-8H,2-3,9-12H2,1H3,(H,18,21). The Bertz CT molecular complexity index is 630. The lowest BCUT2D eigenvalue weighted by Gasteiger charge is -2.15. The van der Waals surface area contributed by atoms with E-state index >= 15 is 0 Å². The van der Waals surface area contributed by atoms with Crippen LogP contribution in [0.5, 0.6) is 0 Å². The molecular weight excluding hydrogens is 310 g/mol. The zero-order chi connectivity index (χ0) is 17.5. The SMILES string of the molecule is CCCCN1C(=O)C(=O)N(CC(=O)NCCc2ccccc2)C1=O. The number of benzene rings is 1. The number of nitrogens with zero attached hydrogens (tertiary/aromatic N) is 2. The van der Waals surface area contributed by atoms with Gasteiger partial charge in [0.1, 0.15) is 6.54 Å². The fourth-order valence-electron chi connectivity index (χ4n) is 2.39. The van der Waals surface area contributed by atoms with E-state index in [4.69, 9.17) is 0 Å². The summed E-state index contributed by atoms with van der Waals surface area (Å²) in [7, 11) is 0. The first-order valence-electron chi connectivity index (χ1n) is 8.02. The van der Waals surface area contributed by atoms with E-state index in [-0.39, 0.29) is 6.54 Å². The van der Waals surface area contributed by atoms with Crippen LogP contribution in [0.25, 0.3) is 0 Å². The summed E-state index contributed by atoms with van der Waals surface area (Å²) in [6, 6.07) is 8.92. The number of amides is 5. The van der Waals surface area contributed by atoms with Crippen molar-refractivity contribution in [2.75, 3.05) is 19.6 Å². The number of unbranched alkanes of at least 4 members (excludes halogenated alkanes) is 1. The first kappa shape index (κ1) is 17.7. The van der Waals surface area contributed by atoms with Gasteiger partial charge in [0.2, 0.25) is 5.91 Å². The van der Waals surface area contributed by atoms with Crippen molar-refractivity contribution in [2.45, 2.75) is 26.2 Å². The van der Waals surface area contributed by atoms with Crippen LogP contribution < -0.4 is 5.32 Å². The molecule has 0 unspecified atom stereocenters. The lowest BCUT2D eigenvalue weighted by molar-refractivity contribution is -0.144. The normalized spacial score (nSPS) is 14.5. The highest BCUT2D eigenvalue weighted by molar-refractivity contribution is 6.45. The molecule has 0 spiro atoms. The Balaban J connectivity index is 1.83. The minimum atomic E-state index is -0.936. The van der Waals surface area contributed by atoms with Gasteiger partial charge in [-0.3, -0.25) is 19.3 Å². The molecule has 0 atom stereocenters. The van der Waals surface area contributed by atoms with E-state index in [0.29, 0.717) is 24.3 Å². The van der Waals surface area contributed by atoms with Crippen molar-refractivity contribution in [2.24, 2.45) is 0 Å². The first-order valence-corrected chi connectivity index (χ1v) is 8.02. The zero-order valence-corrected chi connectivity index (χ0v) is 13.7. The number of carbonyl (C=O) groups excluding carboxylic acids is 4. The van der Waals surface area contributed by atoms with Crippen LogP contribution in [0, 0.1) is 0 Å². The Morgan fingerprint density at radius 3 is 2.38 bits per heavy atom. The second-order valence-electron chi connectivity index (χ2n) is 5.57. The summed E-state index contributed by atoms with van der Waals surface area (Å²) >= 11 is 0. The number of carbonyl (C=O) groups is 4. The summed E-state index contributed by atoms with van der Waals surface area (Å²) in [5, 5.41) is 2.66. The van der Waals surface area contributed by atoms with Crippen molar-refractivity contribution in [1.82, 2.24) is 15.1 Å². The first-order chi connectivity index (χ1) is 11.5. The van der Waals surface area contributed by atoms with E-state index in [2.05, 4.69) is 5.32 Å². The van der Waals surface area contributed by atoms with Gasteiger partial charge < -0.3 is 5.32 Å². The molecule has 1 aromatic carbocycles. The van der Waals surface area contributed by atoms with Crippen molar-refractivity contribution >= 4 is 23.8 Å². The number of rotatable bonds is 8. The quantitative estimate of drug-likeness (QED) is 0.567. The summed E-state index contributed by atoms with van der Waals surface area (Å²) in [4.78, 5) is 49.3. The van der Waals surface area contributed by atoms with Gasteiger partial charge >= 0.3 is 17.8 Å². The summed E-state index contributed by atoms with van der Waals surface area (Å²) < 4.78 is 0. The molecule has 0 aliphatic carbocycles. The van der Waals surface area contributed by atoms with Crippen LogP contribution >= 0.6 is 0 Å². The minimum Gasteiger partial charge on any atom is -0.354 e. The van der Waals surface area contributed by atoms with Gasteiger partial charge in [0, 0.05) is 13.1 Å². The highest BCUT2D eigenvalue weighted by Crippen LogP contribution is 2.12. The average molecular weight is 331 g/mol. The minimum absolute atomic E-state index is 0.200. The largest absolute Gasteiger partial charge is 0.354 e. The third kappa shape index (κ3) is 4.18. The maximum absolute atomic E-state index is 12.1. The predicted molar refractivity (Wildman–Crippen MR) is 86.9 cm³/mol. The molecule has 7 heteroatoms. The van der Waals surface area contributed by atoms with E-state index in [1.807, 2.05) is 37.3 Å². The fourth-order valence-corrected chi connectivity index (χ4v) is 2.39. The Morgan fingerprint density at radius 2 is 1.71 bits per heavy atom. The van der Waals surface area contributed by atoms with Crippen molar-refractivity contribution in [3.05, 3.63) is 35.9 Å². The number of hydrogen-bond donors (Lipinski definition) is 1. The van der Waals surface area contributed by atoms with Crippen molar-refractivity contribution in [3.8, 4) is 0 Å². The van der Waals surface area contributed by atoms with Crippen LogP contribution in [0.1, 0.15) is 25.3 Å². The van der Waals surface area contributed by atoms with Gasteiger partial charge in [0.05, 0.1) is 0 Å². The molecule has 5 amide bonds. The van der Waals surface area contributed by atoms with Crippen LogP contribution in [0.15, 0.2) is 30.3 Å². The molecule has 0 saturated carbocycles. The summed E-state index contributed by atoms with van der Waals surface area (Å²) in [5.74, 6) is -2.25. The molecule has 0 radical (unpaired) electrons. The van der Waals surface area contributed by atoms with Crippen molar-refractivity contribution < 1.29 is 19.2 Å². The predicted octanol–water partition coefficient (Wildman–Crippen LogP) is 0.936. The molecule has 7 nitrogen and oxygen atoms in total. The van der Waals surface area contributed by atoms with Crippen LogP contribution in [0.3, 0.4) is 0 Å². The van der Waals surface area contributed by atoms with Crippen molar-refractivity contribution in [1.29, 1.82) is 0 Å². The van der Waals surface area contributed by atoms with E-state index in [0.717, 1.165) is 16.9 Å². The molecule has 2 rings (SSSR count). The van der Waals surface area contributed by atoms with Gasteiger partial charge in [0.15, 0.2) is 0 Å². The number of urea groups is 1. The number of imide groups is 2. The highest BCUT2D eigenvalue weighted by Gasteiger charge is 2.44. The molecule has 1 aliphatic heterocycles. The molecule has 128 valence electrons. The molecule has 0 aromatic heterocycles. The van der Waals surface area contributed by atoms with Crippen LogP contribution in [-0.2, 0) is 20.8 Å². The average Bonchev–Trinajstić information content (AvgIpc) is 2.78. The third-order valence-electron chi connectivity index (χ3n) is 3.75. The van der Waals surface area contributed by atoms with Gasteiger partial charge in [-0.2, -0.15) is 0 Å². The third-order valence-corrected chi connectivity index (χ3v) is 3.75. The van der Waals surface area contributed by atoms with Gasteiger partial charge in [-0.15, -0.1) is 0 Å². The fraction of sp³-hybridized carbons (Fsp3) is 0.412. The monoisotopic (exact) mass is 331 g/mol. The van der Waals surface area contributed by atoms with Gasteiger partial charge in [-0.05, 0) is 18.4 Å². The van der Waals surface area contributed by atoms with Gasteiger partial charge in [-0.25, -0.2) is 9.69 Å². The Hall–Kier alpha value is -2.70. The smallest absolute Gasteiger partial charge is 0.334 e. The molecule has 1 saturated heterocycles. The van der Waals surface area contributed by atoms with Gasteiger partial charge in [0.25, 0.3) is 0 Å². The van der Waals surface area contributed by atoms with E-state index < -0.39 is 30.3 Å². The van der Waals surface area contributed by atoms with E-state index in [1.54, 1.807) is 0 Å². The lowest BCUT2D eigenvalue weighted by Crippen LogP contribution is -2.42. The number of hydrogen-bond acceptors (Lipinski definition) is 4. The molecule has 1 fully saturated rings. The summed E-state index contributed by atoms with van der Waals surface area (Å²) in [6.07, 6.45) is 2.07. The van der Waals surface area contributed by atoms with Crippen LogP contribution in [0.2, 0.25) is 0 Å². The van der Waals surface area contributed by atoms with Crippen LogP contribution in [0.4, 0.5) is 4.79 Å². The lowest BCUT2D eigenvalue weighted by atomic mass is 10.1. The molecular formula is C17H21N3O4. The Labute approximate surface area is 140 Å². The second-order valence-corrected chi connectivity index (χ2v) is 5.57. The summed E-state index contributed by atoms with van der Waals surface area (Å²) in [5.41, 5.74) is 1.08. The molecule has 1 aliphatic rings. The zero-order valence-electron chi connectivity index (χ0n) is 13.7. The maximum Gasteiger partial charge on any atom is 0.334 e. The molecule has 24 heavy (non-hydrogen) atoms. The van der Waals surface area contributed by atoms with Gasteiger partial charge in [-0.1, -0.05) is 43.7 Å². The van der Waals surface area contributed by atoms with Crippen LogP contribution in [-0.4, -0.2) is 53.2 Å². The highest BCUT2D eigenvalue weighted by atomic mass is 16.2. The topological polar surface area (TPSA) is 86.8 Å². The Morgan fingerprint density at radius 1 is 1.04 bits per heavy atom. The molecule has 1 aromatic rings. The van der Waals surface area contributed by atoms with E-state index in [1.165, 1.54) is 0 Å². The maximum atomic E-state index is 12.1. The summed E-state index contributed by atoms with van der Waals surface area (Å²) in [6.45, 7) is 2.09. The molecule has 1 heterocycles. The molecule has 0 bridgehead atoms. The van der Waals surface area contributed by atoms with E-state index in [9.17, 15) is 19.2 Å². The Kier molecular flexibility index (Phi) is 6.06. The molecule has 1 N–H and O–H groups in total. The number of nitrogens with one attached hydrogen (secondary N) is 1. The van der Waals surface area contributed by atoms with Crippen molar-refractivity contribution in [3.63, 3.8) is 0 Å². The second kappa shape index (κ2) is 8.24.